The largest absolute Gasteiger partial charge is 0.495 e. The molecule has 6 nitrogen and oxygen atoms in total. The molecule has 1 amide bonds. The zero-order valence-corrected chi connectivity index (χ0v) is 13.1. The van der Waals surface area contributed by atoms with E-state index in [4.69, 9.17) is 25.8 Å². The number of nitrogens with one attached hydrogen (secondary N) is 2. The number of methoxy groups -OCH3 is 1. The third-order valence-corrected chi connectivity index (χ3v) is 3.56. The lowest BCUT2D eigenvalue weighted by Crippen LogP contribution is -2.21. The van der Waals surface area contributed by atoms with E-state index in [0.717, 1.165) is 5.69 Å². The summed E-state index contributed by atoms with van der Waals surface area (Å²) in [6.07, 6.45) is 0. The van der Waals surface area contributed by atoms with Gasteiger partial charge in [0.15, 0.2) is 11.5 Å². The molecule has 0 radical (unpaired) electrons. The van der Waals surface area contributed by atoms with Crippen molar-refractivity contribution >= 4 is 28.9 Å². The molecule has 1 heterocycles. The molecule has 0 unspecified atom stereocenters. The van der Waals surface area contributed by atoms with Gasteiger partial charge in [-0.2, -0.15) is 0 Å². The Kier molecular flexibility index (Phi) is 4.43. The zero-order valence-electron chi connectivity index (χ0n) is 12.4. The second-order valence-corrected chi connectivity index (χ2v) is 5.23. The lowest BCUT2D eigenvalue weighted by atomic mass is 10.2. The minimum atomic E-state index is -0.184. The fourth-order valence-corrected chi connectivity index (χ4v) is 2.40. The molecule has 0 aromatic heterocycles. The molecule has 1 aliphatic heterocycles. The Hall–Kier alpha value is -2.60. The lowest BCUT2D eigenvalue weighted by molar-refractivity contribution is -0.114. The summed E-state index contributed by atoms with van der Waals surface area (Å²) >= 11 is 6.04. The van der Waals surface area contributed by atoms with Gasteiger partial charge in [0.1, 0.15) is 5.75 Å². The van der Waals surface area contributed by atoms with Crippen molar-refractivity contribution in [3.8, 4) is 17.2 Å². The highest BCUT2D eigenvalue weighted by atomic mass is 35.5. The number of halogens is 1. The Morgan fingerprint density at radius 3 is 2.74 bits per heavy atom. The number of fused-ring (bicyclic) bond motifs is 1. The van der Waals surface area contributed by atoms with E-state index in [1.807, 2.05) is 0 Å². The number of hydrogen-bond donors (Lipinski definition) is 2. The molecule has 2 aromatic rings. The summed E-state index contributed by atoms with van der Waals surface area (Å²) in [5.41, 5.74) is 1.38. The third-order valence-electron chi connectivity index (χ3n) is 3.26. The average Bonchev–Trinajstić information content (AvgIpc) is 3.01. The first kappa shape index (κ1) is 15.3. The van der Waals surface area contributed by atoms with Crippen LogP contribution in [0.5, 0.6) is 17.2 Å². The van der Waals surface area contributed by atoms with Crippen LogP contribution in [0, 0.1) is 0 Å². The van der Waals surface area contributed by atoms with Crippen molar-refractivity contribution in [2.24, 2.45) is 0 Å². The second-order valence-electron chi connectivity index (χ2n) is 4.82. The van der Waals surface area contributed by atoms with Crippen LogP contribution in [0.3, 0.4) is 0 Å². The first-order valence-electron chi connectivity index (χ1n) is 6.92. The molecule has 2 N–H and O–H groups in total. The number of amides is 1. The predicted octanol–water partition coefficient (Wildman–Crippen LogP) is 3.13. The van der Waals surface area contributed by atoms with Gasteiger partial charge in [0.2, 0.25) is 12.7 Å². The summed E-state index contributed by atoms with van der Waals surface area (Å²) < 4.78 is 15.6. The monoisotopic (exact) mass is 334 g/mol. The van der Waals surface area contributed by atoms with Crippen LogP contribution in [-0.4, -0.2) is 26.4 Å². The van der Waals surface area contributed by atoms with Crippen molar-refractivity contribution in [2.45, 2.75) is 0 Å². The maximum absolute atomic E-state index is 12.0. The minimum absolute atomic E-state index is 0.108. The van der Waals surface area contributed by atoms with Gasteiger partial charge >= 0.3 is 0 Å². The highest BCUT2D eigenvalue weighted by molar-refractivity contribution is 6.32. The van der Waals surface area contributed by atoms with Gasteiger partial charge in [-0.1, -0.05) is 11.6 Å². The van der Waals surface area contributed by atoms with Crippen molar-refractivity contribution in [1.29, 1.82) is 0 Å². The number of ether oxygens (including phenoxy) is 3. The standard InChI is InChI=1S/C16H15ClN2O4/c1-21-13-4-2-10(6-12(13)17)18-8-16(20)19-11-3-5-14-15(7-11)23-9-22-14/h2-7,18H,8-9H2,1H3,(H,19,20). The number of hydrogen-bond acceptors (Lipinski definition) is 5. The van der Waals surface area contributed by atoms with Crippen LogP contribution in [0.25, 0.3) is 0 Å². The summed E-state index contributed by atoms with van der Waals surface area (Å²) in [5.74, 6) is 1.70. The van der Waals surface area contributed by atoms with E-state index in [1.54, 1.807) is 43.5 Å². The van der Waals surface area contributed by atoms with Gasteiger partial charge in [0.25, 0.3) is 0 Å². The van der Waals surface area contributed by atoms with Gasteiger partial charge in [0, 0.05) is 17.4 Å². The first-order chi connectivity index (χ1) is 11.2. The lowest BCUT2D eigenvalue weighted by Gasteiger charge is -2.10. The van der Waals surface area contributed by atoms with Crippen molar-refractivity contribution in [2.75, 3.05) is 31.1 Å². The van der Waals surface area contributed by atoms with Gasteiger partial charge < -0.3 is 24.8 Å². The molecular weight excluding hydrogens is 320 g/mol. The maximum Gasteiger partial charge on any atom is 0.243 e. The number of carbonyl (C=O) groups excluding carboxylic acids is 1. The molecule has 0 spiro atoms. The van der Waals surface area contributed by atoms with Gasteiger partial charge in [-0.05, 0) is 30.3 Å². The first-order valence-corrected chi connectivity index (χ1v) is 7.30. The Morgan fingerprint density at radius 1 is 1.17 bits per heavy atom. The Morgan fingerprint density at radius 2 is 1.96 bits per heavy atom. The zero-order chi connectivity index (χ0) is 16.2. The van der Waals surface area contributed by atoms with E-state index in [1.165, 1.54) is 0 Å². The van der Waals surface area contributed by atoms with Gasteiger partial charge in [-0.15, -0.1) is 0 Å². The smallest absolute Gasteiger partial charge is 0.243 e. The highest BCUT2D eigenvalue weighted by Gasteiger charge is 2.14. The van der Waals surface area contributed by atoms with Gasteiger partial charge in [-0.3, -0.25) is 4.79 Å². The van der Waals surface area contributed by atoms with E-state index < -0.39 is 0 Å². The molecule has 7 heteroatoms. The summed E-state index contributed by atoms with van der Waals surface area (Å²) in [7, 11) is 1.55. The molecular formula is C16H15ClN2O4. The quantitative estimate of drug-likeness (QED) is 0.879. The Labute approximate surface area is 138 Å². The van der Waals surface area contributed by atoms with E-state index in [9.17, 15) is 4.79 Å². The molecule has 120 valence electrons. The summed E-state index contributed by atoms with van der Waals surface area (Å²) in [4.78, 5) is 12.0. The number of anilines is 2. The maximum atomic E-state index is 12.0. The molecule has 0 saturated heterocycles. The molecule has 23 heavy (non-hydrogen) atoms. The van der Waals surface area contributed by atoms with Crippen LogP contribution < -0.4 is 24.8 Å². The normalized spacial score (nSPS) is 11.9. The van der Waals surface area contributed by atoms with E-state index >= 15 is 0 Å². The van der Waals surface area contributed by atoms with Gasteiger partial charge in [0.05, 0.1) is 18.7 Å². The Balaban J connectivity index is 1.56. The van der Waals surface area contributed by atoms with Crippen LogP contribution in [0.2, 0.25) is 5.02 Å². The molecule has 0 atom stereocenters. The molecule has 0 bridgehead atoms. The van der Waals surface area contributed by atoms with Crippen molar-refractivity contribution in [3.05, 3.63) is 41.4 Å². The minimum Gasteiger partial charge on any atom is -0.495 e. The van der Waals surface area contributed by atoms with Crippen LogP contribution >= 0.6 is 11.6 Å². The molecule has 0 fully saturated rings. The number of rotatable bonds is 5. The number of benzene rings is 2. The fraction of sp³-hybridized carbons (Fsp3) is 0.188. The molecule has 3 rings (SSSR count). The van der Waals surface area contributed by atoms with E-state index in [-0.39, 0.29) is 19.2 Å². The predicted molar refractivity (Wildman–Crippen MR) is 87.7 cm³/mol. The molecule has 0 aliphatic carbocycles. The topological polar surface area (TPSA) is 68.8 Å². The van der Waals surface area contributed by atoms with Crippen LogP contribution in [0.15, 0.2) is 36.4 Å². The van der Waals surface area contributed by atoms with E-state index in [0.29, 0.717) is 28.0 Å². The fourth-order valence-electron chi connectivity index (χ4n) is 2.14. The third kappa shape index (κ3) is 3.60. The van der Waals surface area contributed by atoms with Crippen molar-refractivity contribution in [3.63, 3.8) is 0 Å². The average molecular weight is 335 g/mol. The van der Waals surface area contributed by atoms with Crippen LogP contribution in [0.4, 0.5) is 11.4 Å². The highest BCUT2D eigenvalue weighted by Crippen LogP contribution is 2.34. The molecule has 0 saturated carbocycles. The second kappa shape index (κ2) is 6.66. The van der Waals surface area contributed by atoms with Gasteiger partial charge in [-0.25, -0.2) is 0 Å². The Bertz CT molecular complexity index is 736. The van der Waals surface area contributed by atoms with Crippen molar-refractivity contribution < 1.29 is 19.0 Å². The molecule has 2 aromatic carbocycles. The summed E-state index contributed by atoms with van der Waals surface area (Å²) in [5, 5.41) is 6.27. The van der Waals surface area contributed by atoms with Crippen molar-refractivity contribution in [1.82, 2.24) is 0 Å². The SMILES string of the molecule is COc1ccc(NCC(=O)Nc2ccc3c(c2)OCO3)cc1Cl. The summed E-state index contributed by atoms with van der Waals surface area (Å²) in [6, 6.07) is 10.5. The van der Waals surface area contributed by atoms with Crippen LogP contribution in [0.1, 0.15) is 0 Å². The number of carbonyl (C=O) groups is 1. The molecule has 1 aliphatic rings. The summed E-state index contributed by atoms with van der Waals surface area (Å²) in [6.45, 7) is 0.309. The van der Waals surface area contributed by atoms with E-state index in [2.05, 4.69) is 10.6 Å². The van der Waals surface area contributed by atoms with Crippen LogP contribution in [-0.2, 0) is 4.79 Å².